The summed E-state index contributed by atoms with van der Waals surface area (Å²) in [5, 5.41) is 4.24. The number of hydrogen-bond acceptors (Lipinski definition) is 5. The van der Waals surface area contributed by atoms with Gasteiger partial charge in [0.2, 0.25) is 0 Å². The van der Waals surface area contributed by atoms with Gasteiger partial charge in [-0.2, -0.15) is 0 Å². The third-order valence-corrected chi connectivity index (χ3v) is 8.75. The molecule has 0 bridgehead atoms. The van der Waals surface area contributed by atoms with E-state index in [1.54, 1.807) is 0 Å². The molecule has 7 heteroatoms. The fourth-order valence-corrected chi connectivity index (χ4v) is 6.75. The van der Waals surface area contributed by atoms with Crippen molar-refractivity contribution in [2.45, 2.75) is 53.4 Å². The molecule has 0 aliphatic heterocycles. The highest BCUT2D eigenvalue weighted by Gasteiger charge is 2.20. The van der Waals surface area contributed by atoms with Crippen molar-refractivity contribution >= 4 is 54.9 Å². The number of imidazole rings is 2. The van der Waals surface area contributed by atoms with Crippen LogP contribution in [-0.2, 0) is 0 Å². The number of aryl methyl sites for hydroxylation is 2. The first kappa shape index (κ1) is 25.7. The molecule has 2 aromatic carbocycles. The maximum Gasteiger partial charge on any atom is 0.146 e. The van der Waals surface area contributed by atoms with Crippen LogP contribution in [0.25, 0.3) is 54.9 Å². The van der Waals surface area contributed by atoms with E-state index in [1.807, 2.05) is 49.3 Å². The Labute approximate surface area is 248 Å². The van der Waals surface area contributed by atoms with Crippen LogP contribution in [-0.4, -0.2) is 28.7 Å². The molecule has 0 saturated carbocycles. The van der Waals surface area contributed by atoms with E-state index in [2.05, 4.69) is 74.6 Å². The van der Waals surface area contributed by atoms with Gasteiger partial charge in [0.05, 0.1) is 34.5 Å². The third-order valence-electron chi connectivity index (χ3n) is 8.75. The lowest BCUT2D eigenvalue weighted by Gasteiger charge is -2.17. The Morgan fingerprint density at radius 2 is 1.05 bits per heavy atom. The van der Waals surface area contributed by atoms with Crippen molar-refractivity contribution in [1.82, 2.24) is 28.7 Å². The number of nitrogens with zero attached hydrogens (tertiary/aromatic N) is 6. The molecule has 0 aliphatic rings. The van der Waals surface area contributed by atoms with Gasteiger partial charge in [0.25, 0.3) is 0 Å². The monoisotopic (exact) mass is 564 g/mol. The highest BCUT2D eigenvalue weighted by atomic mass is 16.5. The van der Waals surface area contributed by atoms with Gasteiger partial charge in [0.15, 0.2) is 0 Å². The Hall–Kier alpha value is -5.04. The lowest BCUT2D eigenvalue weighted by molar-refractivity contribution is 0.480. The summed E-state index contributed by atoms with van der Waals surface area (Å²) in [7, 11) is 0. The first-order valence-electron chi connectivity index (χ1n) is 14.9. The van der Waals surface area contributed by atoms with Crippen molar-refractivity contribution in [3.05, 3.63) is 95.8 Å². The van der Waals surface area contributed by atoms with Gasteiger partial charge in [-0.25, -0.2) is 9.97 Å². The number of fused-ring (bicyclic) bond motifs is 12. The van der Waals surface area contributed by atoms with Crippen LogP contribution >= 0.6 is 0 Å². The van der Waals surface area contributed by atoms with E-state index in [1.165, 1.54) is 33.0 Å². The maximum absolute atomic E-state index is 6.47. The topological polar surface area (TPSA) is 69.6 Å². The lowest BCUT2D eigenvalue weighted by Crippen LogP contribution is -2.00. The zero-order valence-corrected chi connectivity index (χ0v) is 25.2. The molecule has 6 heterocycles. The van der Waals surface area contributed by atoms with Gasteiger partial charge in [-0.15, -0.1) is 0 Å². The number of aromatic nitrogens is 6. The lowest BCUT2D eigenvalue weighted by atomic mass is 9.94. The molecular formula is C36H32N6O. The molecule has 212 valence electrons. The largest absolute Gasteiger partial charge is 0.454 e. The Kier molecular flexibility index (Phi) is 5.51. The molecule has 8 aromatic rings. The van der Waals surface area contributed by atoms with Crippen LogP contribution in [0, 0.1) is 13.8 Å². The van der Waals surface area contributed by atoms with E-state index in [0.29, 0.717) is 23.3 Å². The van der Waals surface area contributed by atoms with Crippen LogP contribution in [0.15, 0.2) is 73.6 Å². The number of benzene rings is 2. The minimum Gasteiger partial charge on any atom is -0.454 e. The summed E-state index contributed by atoms with van der Waals surface area (Å²) in [4.78, 5) is 19.4. The van der Waals surface area contributed by atoms with Gasteiger partial charge in [-0.3, -0.25) is 18.8 Å². The van der Waals surface area contributed by atoms with Crippen LogP contribution in [0.4, 0.5) is 0 Å². The van der Waals surface area contributed by atoms with E-state index in [9.17, 15) is 0 Å². The summed E-state index contributed by atoms with van der Waals surface area (Å²) in [6, 6.07) is 12.9. The predicted molar refractivity (Wildman–Crippen MR) is 174 cm³/mol. The number of ether oxygens (including phenoxy) is 1. The molecule has 0 saturated heterocycles. The first-order valence-corrected chi connectivity index (χ1v) is 14.9. The second kappa shape index (κ2) is 9.23. The molecule has 0 radical (unpaired) electrons. The molecule has 0 spiro atoms. The Morgan fingerprint density at radius 1 is 0.605 bits per heavy atom. The average Bonchev–Trinajstić information content (AvgIpc) is 3.68. The van der Waals surface area contributed by atoms with E-state index >= 15 is 0 Å². The molecule has 8 rings (SSSR count). The highest BCUT2D eigenvalue weighted by molar-refractivity contribution is 6.13. The average molecular weight is 565 g/mol. The van der Waals surface area contributed by atoms with Gasteiger partial charge in [0, 0.05) is 46.3 Å². The Morgan fingerprint density at radius 3 is 1.47 bits per heavy atom. The van der Waals surface area contributed by atoms with E-state index in [0.717, 1.165) is 44.1 Å². The Bertz CT molecular complexity index is 2240. The van der Waals surface area contributed by atoms with Gasteiger partial charge >= 0.3 is 0 Å². The molecule has 0 fully saturated rings. The fraction of sp³-hybridized carbons (Fsp3) is 0.222. The second-order valence-corrected chi connectivity index (χ2v) is 12.2. The standard InChI is InChI=1S/C36H32N6O/c1-19(2)25-9-7-21(5)33-29(25)31-27(35-37-11-13-41(33)35)15-23(17-39-31)43-24-16-28-32(40-18-24)30-26(20(3)4)10-8-22(6)34(30)42-14-12-38-36(28)42/h7-20H,1-6H3. The van der Waals surface area contributed by atoms with Gasteiger partial charge in [0.1, 0.15) is 22.8 Å². The molecular weight excluding hydrogens is 532 g/mol. The molecule has 0 N–H and O–H groups in total. The normalized spacial score (nSPS) is 12.4. The van der Waals surface area contributed by atoms with Crippen molar-refractivity contribution in [2.75, 3.05) is 0 Å². The first-order chi connectivity index (χ1) is 20.8. The van der Waals surface area contributed by atoms with Crippen molar-refractivity contribution in [1.29, 1.82) is 0 Å². The van der Waals surface area contributed by atoms with Crippen molar-refractivity contribution in [3.63, 3.8) is 0 Å². The fourth-order valence-electron chi connectivity index (χ4n) is 6.75. The zero-order chi connectivity index (χ0) is 29.6. The summed E-state index contributed by atoms with van der Waals surface area (Å²) in [5.74, 6) is 1.97. The van der Waals surface area contributed by atoms with Crippen LogP contribution in [0.3, 0.4) is 0 Å². The number of rotatable bonds is 4. The third kappa shape index (κ3) is 3.67. The van der Waals surface area contributed by atoms with Crippen LogP contribution < -0.4 is 4.74 Å². The predicted octanol–water partition coefficient (Wildman–Crippen LogP) is 9.04. The number of hydrogen-bond donors (Lipinski definition) is 0. The molecule has 0 aliphatic carbocycles. The van der Waals surface area contributed by atoms with Crippen LogP contribution in [0.1, 0.15) is 61.8 Å². The summed E-state index contributed by atoms with van der Waals surface area (Å²) in [6.07, 6.45) is 11.4. The highest BCUT2D eigenvalue weighted by Crippen LogP contribution is 2.39. The molecule has 0 unspecified atom stereocenters. The van der Waals surface area contributed by atoms with Gasteiger partial charge in [-0.05, 0) is 60.1 Å². The Balaban J connectivity index is 1.33. The molecule has 0 amide bonds. The maximum atomic E-state index is 6.47. The van der Waals surface area contributed by atoms with E-state index < -0.39 is 0 Å². The quantitative estimate of drug-likeness (QED) is 0.200. The summed E-state index contributed by atoms with van der Waals surface area (Å²) in [5.41, 5.74) is 10.8. The van der Waals surface area contributed by atoms with Crippen LogP contribution in [0.5, 0.6) is 11.5 Å². The van der Waals surface area contributed by atoms with E-state index in [-0.39, 0.29) is 0 Å². The summed E-state index contributed by atoms with van der Waals surface area (Å²) >= 11 is 0. The molecule has 6 aromatic heterocycles. The minimum absolute atomic E-state index is 0.351. The molecule has 7 nitrogen and oxygen atoms in total. The van der Waals surface area contributed by atoms with Crippen molar-refractivity contribution in [2.24, 2.45) is 0 Å². The SMILES string of the molecule is Cc1ccc(C(C)C)c2c3ncc(Oc4cnc5c(c4)c4nccn4c4c(C)ccc(C(C)C)c54)cc3c3nccn3c12. The molecule has 43 heavy (non-hydrogen) atoms. The van der Waals surface area contributed by atoms with Crippen molar-refractivity contribution < 1.29 is 4.74 Å². The van der Waals surface area contributed by atoms with Crippen molar-refractivity contribution in [3.8, 4) is 11.5 Å². The summed E-state index contributed by atoms with van der Waals surface area (Å²) in [6.45, 7) is 13.2. The van der Waals surface area contributed by atoms with Gasteiger partial charge < -0.3 is 4.74 Å². The second-order valence-electron chi connectivity index (χ2n) is 12.2. The number of pyridine rings is 4. The summed E-state index contributed by atoms with van der Waals surface area (Å²) < 4.78 is 10.8. The zero-order valence-electron chi connectivity index (χ0n) is 25.2. The minimum atomic E-state index is 0.351. The van der Waals surface area contributed by atoms with Crippen LogP contribution in [0.2, 0.25) is 0 Å². The van der Waals surface area contributed by atoms with Gasteiger partial charge in [-0.1, -0.05) is 52.0 Å². The molecule has 0 atom stereocenters. The van der Waals surface area contributed by atoms with E-state index in [4.69, 9.17) is 24.7 Å². The smallest absolute Gasteiger partial charge is 0.146 e.